The topological polar surface area (TPSA) is 55.3 Å². The molecule has 0 aliphatic carbocycles. The Morgan fingerprint density at radius 2 is 1.88 bits per heavy atom. The van der Waals surface area contributed by atoms with Gasteiger partial charge < -0.3 is 22.6 Å². The highest BCUT2D eigenvalue weighted by Crippen LogP contribution is 2.17. The molecule has 0 spiro atoms. The lowest BCUT2D eigenvalue weighted by Gasteiger charge is -2.30. The Bertz CT molecular complexity index is 389. The summed E-state index contributed by atoms with van der Waals surface area (Å²) in [6, 6.07) is 1.60. The fourth-order valence-corrected chi connectivity index (χ4v) is 10.3. The maximum absolute atomic E-state index is 6.24. The SMILES string of the molecule is C[Si]O[Si](C)O[Si](C)(CCCN(C)C(=NC(C)C)NC(C)C)O[Si]C. The first-order valence-electron chi connectivity index (χ1n) is 8.90. The summed E-state index contributed by atoms with van der Waals surface area (Å²) < 4.78 is 17.9. The minimum Gasteiger partial charge on any atom is -0.436 e. The van der Waals surface area contributed by atoms with Crippen molar-refractivity contribution in [2.24, 2.45) is 4.99 Å². The van der Waals surface area contributed by atoms with Crippen LogP contribution >= 0.6 is 0 Å². The van der Waals surface area contributed by atoms with Gasteiger partial charge in [-0.2, -0.15) is 0 Å². The van der Waals surface area contributed by atoms with Crippen molar-refractivity contribution in [3.63, 3.8) is 0 Å². The molecule has 0 aliphatic heterocycles. The van der Waals surface area contributed by atoms with Gasteiger partial charge in [0, 0.05) is 25.7 Å². The second-order valence-corrected chi connectivity index (χ2v) is 13.7. The second-order valence-electron chi connectivity index (χ2n) is 6.71. The molecule has 6 nitrogen and oxygen atoms in total. The average molecular weight is 419 g/mol. The second kappa shape index (κ2) is 13.2. The summed E-state index contributed by atoms with van der Waals surface area (Å²) >= 11 is 0. The minimum absolute atomic E-state index is 0.272. The molecule has 0 rings (SSSR count). The molecule has 0 heterocycles. The number of hydrogen-bond donors (Lipinski definition) is 1. The van der Waals surface area contributed by atoms with Crippen molar-refractivity contribution < 1.29 is 12.3 Å². The van der Waals surface area contributed by atoms with Crippen LogP contribution in [0.4, 0.5) is 0 Å². The molecular weight excluding hydrogens is 383 g/mol. The minimum atomic E-state index is -2.17. The zero-order valence-corrected chi connectivity index (χ0v) is 21.4. The number of rotatable bonds is 12. The Labute approximate surface area is 163 Å². The normalized spacial score (nSPS) is 15.1. The summed E-state index contributed by atoms with van der Waals surface area (Å²) in [4.78, 5) is 6.91. The highest BCUT2D eigenvalue weighted by molar-refractivity contribution is 6.76. The molecule has 0 aromatic carbocycles. The molecule has 10 heteroatoms. The lowest BCUT2D eigenvalue weighted by atomic mass is 10.4. The maximum atomic E-state index is 6.24. The average Bonchev–Trinajstić information content (AvgIpc) is 2.45. The van der Waals surface area contributed by atoms with E-state index in [1.165, 1.54) is 0 Å². The summed E-state index contributed by atoms with van der Waals surface area (Å²) in [6.07, 6.45) is 1.02. The van der Waals surface area contributed by atoms with Gasteiger partial charge >= 0.3 is 17.8 Å². The Balaban J connectivity index is 4.67. The number of nitrogens with one attached hydrogen (secondary N) is 1. The molecule has 0 aliphatic rings. The first kappa shape index (κ1) is 25.0. The third-order valence-electron chi connectivity index (χ3n) is 3.21. The first-order chi connectivity index (χ1) is 11.6. The van der Waals surface area contributed by atoms with E-state index in [2.05, 4.69) is 64.6 Å². The van der Waals surface area contributed by atoms with Crippen molar-refractivity contribution in [2.45, 2.75) is 78.4 Å². The van der Waals surface area contributed by atoms with Crippen LogP contribution in [0.2, 0.25) is 32.2 Å². The number of nitrogens with zero attached hydrogens (tertiary/aromatic N) is 2. The van der Waals surface area contributed by atoms with Crippen molar-refractivity contribution >= 4 is 43.3 Å². The van der Waals surface area contributed by atoms with Crippen molar-refractivity contribution in [1.29, 1.82) is 0 Å². The van der Waals surface area contributed by atoms with E-state index in [4.69, 9.17) is 17.3 Å². The van der Waals surface area contributed by atoms with E-state index >= 15 is 0 Å². The fraction of sp³-hybridized carbons (Fsp3) is 0.933. The molecule has 0 bridgehead atoms. The molecule has 1 N–H and O–H groups in total. The van der Waals surface area contributed by atoms with Gasteiger partial charge in [-0.1, -0.05) is 0 Å². The predicted molar refractivity (Wildman–Crippen MR) is 113 cm³/mol. The summed E-state index contributed by atoms with van der Waals surface area (Å²) in [5, 5.41) is 3.44. The van der Waals surface area contributed by atoms with Gasteiger partial charge in [-0.15, -0.1) is 0 Å². The predicted octanol–water partition coefficient (Wildman–Crippen LogP) is 2.65. The molecular formula is C15H36N3O3Si4. The number of hydrogen-bond acceptors (Lipinski definition) is 4. The molecule has 1 atom stereocenters. The summed E-state index contributed by atoms with van der Waals surface area (Å²) in [7, 11) is -0.358. The Morgan fingerprint density at radius 1 is 1.24 bits per heavy atom. The van der Waals surface area contributed by atoms with Gasteiger partial charge in [-0.3, -0.25) is 4.99 Å². The van der Waals surface area contributed by atoms with Gasteiger partial charge in [0.05, 0.1) is 0 Å². The molecule has 0 aromatic heterocycles. The van der Waals surface area contributed by atoms with Crippen molar-refractivity contribution in [3.05, 3.63) is 0 Å². The molecule has 0 fully saturated rings. The quantitative estimate of drug-likeness (QED) is 0.300. The summed E-state index contributed by atoms with van der Waals surface area (Å²) in [5.74, 6) is 0.961. The van der Waals surface area contributed by atoms with Gasteiger partial charge in [0.1, 0.15) is 0 Å². The molecule has 0 saturated heterocycles. The van der Waals surface area contributed by atoms with Gasteiger partial charge in [-0.25, -0.2) is 0 Å². The highest BCUT2D eigenvalue weighted by Gasteiger charge is 2.33. The maximum Gasteiger partial charge on any atom is 0.360 e. The van der Waals surface area contributed by atoms with Crippen LogP contribution in [0.15, 0.2) is 4.99 Å². The lowest BCUT2D eigenvalue weighted by molar-refractivity contribution is 0.354. The van der Waals surface area contributed by atoms with E-state index in [0.717, 1.165) is 25.0 Å². The zero-order valence-electron chi connectivity index (χ0n) is 17.4. The van der Waals surface area contributed by atoms with Crippen LogP contribution in [-0.4, -0.2) is 73.9 Å². The van der Waals surface area contributed by atoms with Crippen molar-refractivity contribution in [2.75, 3.05) is 13.6 Å². The molecule has 0 saturated carbocycles. The van der Waals surface area contributed by atoms with Crippen LogP contribution in [0, 0.1) is 0 Å². The van der Waals surface area contributed by atoms with Crippen LogP contribution < -0.4 is 5.32 Å². The lowest BCUT2D eigenvalue weighted by Crippen LogP contribution is -2.46. The smallest absolute Gasteiger partial charge is 0.360 e. The Kier molecular flexibility index (Phi) is 13.2. The zero-order chi connectivity index (χ0) is 19.5. The van der Waals surface area contributed by atoms with E-state index in [0.29, 0.717) is 25.6 Å². The highest BCUT2D eigenvalue weighted by atomic mass is 28.5. The van der Waals surface area contributed by atoms with Crippen molar-refractivity contribution in [3.8, 4) is 0 Å². The molecule has 0 amide bonds. The molecule has 5 radical (unpaired) electrons. The van der Waals surface area contributed by atoms with E-state index in [1.54, 1.807) is 0 Å². The fourth-order valence-electron chi connectivity index (χ4n) is 2.30. The van der Waals surface area contributed by atoms with E-state index in [1.807, 2.05) is 6.55 Å². The van der Waals surface area contributed by atoms with E-state index in [9.17, 15) is 0 Å². The number of guanidine groups is 1. The van der Waals surface area contributed by atoms with Crippen LogP contribution in [0.25, 0.3) is 0 Å². The van der Waals surface area contributed by atoms with E-state index < -0.39 is 17.8 Å². The van der Waals surface area contributed by atoms with Gasteiger partial charge in [0.15, 0.2) is 5.96 Å². The third-order valence-corrected chi connectivity index (χ3v) is 11.9. The largest absolute Gasteiger partial charge is 0.436 e. The van der Waals surface area contributed by atoms with Crippen LogP contribution in [-0.2, 0) is 12.3 Å². The van der Waals surface area contributed by atoms with Crippen LogP contribution in [0.1, 0.15) is 34.1 Å². The monoisotopic (exact) mass is 418 g/mol. The van der Waals surface area contributed by atoms with Gasteiger partial charge in [0.2, 0.25) is 19.5 Å². The van der Waals surface area contributed by atoms with Crippen molar-refractivity contribution in [1.82, 2.24) is 10.2 Å². The first-order valence-corrected chi connectivity index (χ1v) is 16.1. The Morgan fingerprint density at radius 3 is 2.36 bits per heavy atom. The molecule has 145 valence electrons. The molecule has 0 aromatic rings. The summed E-state index contributed by atoms with van der Waals surface area (Å²) in [5.41, 5.74) is 0. The molecule has 1 unspecified atom stereocenters. The van der Waals surface area contributed by atoms with Gasteiger partial charge in [0.25, 0.3) is 0 Å². The summed E-state index contributed by atoms with van der Waals surface area (Å²) in [6.45, 7) is 17.7. The van der Waals surface area contributed by atoms with E-state index in [-0.39, 0.29) is 6.04 Å². The van der Waals surface area contributed by atoms with Gasteiger partial charge in [-0.05, 0) is 66.3 Å². The van der Waals surface area contributed by atoms with Crippen LogP contribution in [0.5, 0.6) is 0 Å². The molecule has 25 heavy (non-hydrogen) atoms. The van der Waals surface area contributed by atoms with Crippen LogP contribution in [0.3, 0.4) is 0 Å². The standard InChI is InChI=1S/C15H36N3O3Si4/c1-13(2)16-15(17-14(3)4)18(5)11-10-12-25(9,20-23-7)21-24(8)19-22-6/h13-14H,10-12H2,1-9H3,(H,16,17). The Hall–Kier alpha value is 0.0175. The third kappa shape index (κ3) is 12.1. The number of aliphatic imine (C=N–C) groups is 1.